The van der Waals surface area contributed by atoms with E-state index in [4.69, 9.17) is 9.63 Å². The van der Waals surface area contributed by atoms with Crippen LogP contribution in [0.4, 0.5) is 0 Å². The standard InChI is InChI=1S/C17H16N2O4/c20-16(14-9-23-18-15(14)11-2-3-11)19-6-5-10-1-4-12(17(21)22)7-13(10)8-19/h1,4,7,9,11H,2-3,5-6,8H2,(H,21,22). The largest absolute Gasteiger partial charge is 0.478 e. The number of fused-ring (bicyclic) bond motifs is 1. The lowest BCUT2D eigenvalue weighted by Crippen LogP contribution is -2.36. The number of hydrogen-bond donors (Lipinski definition) is 1. The molecule has 1 aliphatic heterocycles. The van der Waals surface area contributed by atoms with Gasteiger partial charge < -0.3 is 14.5 Å². The molecule has 0 atom stereocenters. The zero-order valence-corrected chi connectivity index (χ0v) is 12.5. The van der Waals surface area contributed by atoms with Crippen LogP contribution in [-0.2, 0) is 13.0 Å². The van der Waals surface area contributed by atoms with E-state index >= 15 is 0 Å². The van der Waals surface area contributed by atoms with Crippen LogP contribution in [0, 0.1) is 0 Å². The minimum atomic E-state index is -0.952. The van der Waals surface area contributed by atoms with Crippen LogP contribution < -0.4 is 0 Å². The summed E-state index contributed by atoms with van der Waals surface area (Å²) in [5.41, 5.74) is 3.56. The normalized spacial score (nSPS) is 17.0. The van der Waals surface area contributed by atoms with Crippen molar-refractivity contribution >= 4 is 11.9 Å². The van der Waals surface area contributed by atoms with E-state index in [1.807, 2.05) is 6.07 Å². The summed E-state index contributed by atoms with van der Waals surface area (Å²) >= 11 is 0. The number of rotatable bonds is 3. The van der Waals surface area contributed by atoms with Gasteiger partial charge in [0.1, 0.15) is 11.8 Å². The number of amides is 1. The number of carbonyl (C=O) groups excluding carboxylic acids is 1. The minimum Gasteiger partial charge on any atom is -0.478 e. The molecule has 118 valence electrons. The monoisotopic (exact) mass is 312 g/mol. The molecule has 1 N–H and O–H groups in total. The van der Waals surface area contributed by atoms with Crippen LogP contribution in [0.15, 0.2) is 29.0 Å². The highest BCUT2D eigenvalue weighted by Gasteiger charge is 2.33. The Morgan fingerprint density at radius 3 is 2.83 bits per heavy atom. The van der Waals surface area contributed by atoms with Gasteiger partial charge in [-0.3, -0.25) is 4.79 Å². The zero-order chi connectivity index (χ0) is 16.0. The number of hydrogen-bond acceptors (Lipinski definition) is 4. The second kappa shape index (κ2) is 5.22. The maximum absolute atomic E-state index is 12.8. The number of carbonyl (C=O) groups is 2. The van der Waals surface area contributed by atoms with Gasteiger partial charge in [0.05, 0.1) is 11.3 Å². The highest BCUT2D eigenvalue weighted by Crippen LogP contribution is 2.41. The topological polar surface area (TPSA) is 83.6 Å². The van der Waals surface area contributed by atoms with E-state index in [1.54, 1.807) is 17.0 Å². The average molecular weight is 312 g/mol. The highest BCUT2D eigenvalue weighted by molar-refractivity contribution is 5.95. The van der Waals surface area contributed by atoms with Gasteiger partial charge in [-0.05, 0) is 42.5 Å². The summed E-state index contributed by atoms with van der Waals surface area (Å²) in [7, 11) is 0. The number of aromatic nitrogens is 1. The van der Waals surface area contributed by atoms with Crippen molar-refractivity contribution in [3.05, 3.63) is 52.4 Å². The van der Waals surface area contributed by atoms with Crippen molar-refractivity contribution in [3.63, 3.8) is 0 Å². The van der Waals surface area contributed by atoms with Crippen LogP contribution in [0.25, 0.3) is 0 Å². The molecule has 23 heavy (non-hydrogen) atoms. The second-order valence-corrected chi connectivity index (χ2v) is 6.15. The van der Waals surface area contributed by atoms with E-state index < -0.39 is 5.97 Å². The molecule has 1 aliphatic carbocycles. The maximum atomic E-state index is 12.8. The Hall–Kier alpha value is -2.63. The van der Waals surface area contributed by atoms with E-state index in [0.717, 1.165) is 36.1 Å². The van der Waals surface area contributed by atoms with Gasteiger partial charge in [-0.15, -0.1) is 0 Å². The Kier molecular flexibility index (Phi) is 3.18. The maximum Gasteiger partial charge on any atom is 0.335 e. The van der Waals surface area contributed by atoms with Gasteiger partial charge in [0.15, 0.2) is 0 Å². The van der Waals surface area contributed by atoms with Gasteiger partial charge in [-0.1, -0.05) is 11.2 Å². The molecule has 6 nitrogen and oxygen atoms in total. The van der Waals surface area contributed by atoms with Crippen LogP contribution in [-0.4, -0.2) is 33.6 Å². The lowest BCUT2D eigenvalue weighted by atomic mass is 9.97. The van der Waals surface area contributed by atoms with Gasteiger partial charge in [-0.25, -0.2) is 4.79 Å². The first-order valence-electron chi connectivity index (χ1n) is 7.72. The number of benzene rings is 1. The minimum absolute atomic E-state index is 0.0838. The SMILES string of the molecule is O=C(O)c1ccc2c(c1)CN(C(=O)c1conc1C1CC1)CC2. The van der Waals surface area contributed by atoms with Crippen LogP contribution in [0.5, 0.6) is 0 Å². The highest BCUT2D eigenvalue weighted by atomic mass is 16.5. The van der Waals surface area contributed by atoms with Crippen molar-refractivity contribution in [2.45, 2.75) is 31.7 Å². The molecular weight excluding hydrogens is 296 g/mol. The van der Waals surface area contributed by atoms with E-state index in [9.17, 15) is 9.59 Å². The third-order valence-electron chi connectivity index (χ3n) is 4.54. The first-order valence-corrected chi connectivity index (χ1v) is 7.72. The molecule has 1 amide bonds. The third-order valence-corrected chi connectivity index (χ3v) is 4.54. The molecule has 1 aromatic heterocycles. The Morgan fingerprint density at radius 1 is 1.26 bits per heavy atom. The van der Waals surface area contributed by atoms with Gasteiger partial charge in [0, 0.05) is 19.0 Å². The predicted molar refractivity (Wildman–Crippen MR) is 80.3 cm³/mol. The molecule has 0 radical (unpaired) electrons. The van der Waals surface area contributed by atoms with Crippen LogP contribution >= 0.6 is 0 Å². The number of carboxylic acid groups (broad SMARTS) is 1. The summed E-state index contributed by atoms with van der Waals surface area (Å²) in [6.45, 7) is 1.04. The predicted octanol–water partition coefficient (Wildman–Crippen LogP) is 2.45. The fourth-order valence-corrected chi connectivity index (χ4v) is 3.09. The first-order chi connectivity index (χ1) is 11.1. The van der Waals surface area contributed by atoms with Crippen molar-refractivity contribution < 1.29 is 19.2 Å². The summed E-state index contributed by atoms with van der Waals surface area (Å²) in [6.07, 6.45) is 4.26. The van der Waals surface area contributed by atoms with Crippen molar-refractivity contribution in [3.8, 4) is 0 Å². The van der Waals surface area contributed by atoms with E-state index in [1.165, 1.54) is 6.26 Å². The smallest absolute Gasteiger partial charge is 0.335 e. The van der Waals surface area contributed by atoms with E-state index in [-0.39, 0.29) is 11.5 Å². The molecular formula is C17H16N2O4. The molecule has 1 saturated carbocycles. The van der Waals surface area contributed by atoms with E-state index in [0.29, 0.717) is 24.6 Å². The average Bonchev–Trinajstić information content (AvgIpc) is 3.30. The summed E-state index contributed by atoms with van der Waals surface area (Å²) in [5.74, 6) is -0.686. The van der Waals surface area contributed by atoms with Crippen molar-refractivity contribution in [1.82, 2.24) is 10.1 Å². The van der Waals surface area contributed by atoms with Gasteiger partial charge >= 0.3 is 5.97 Å². The lowest BCUT2D eigenvalue weighted by Gasteiger charge is -2.29. The molecule has 1 fully saturated rings. The number of nitrogens with zero attached hydrogens (tertiary/aromatic N) is 2. The zero-order valence-electron chi connectivity index (χ0n) is 12.5. The Balaban J connectivity index is 1.59. The van der Waals surface area contributed by atoms with Crippen LogP contribution in [0.3, 0.4) is 0 Å². The molecule has 2 heterocycles. The van der Waals surface area contributed by atoms with Gasteiger partial charge in [0.25, 0.3) is 5.91 Å². The summed E-state index contributed by atoms with van der Waals surface area (Å²) in [5, 5.41) is 13.1. The van der Waals surface area contributed by atoms with Crippen molar-refractivity contribution in [2.24, 2.45) is 0 Å². The molecule has 2 aliphatic rings. The summed E-state index contributed by atoms with van der Waals surface area (Å²) in [6, 6.07) is 5.12. The molecule has 4 rings (SSSR count). The van der Waals surface area contributed by atoms with Crippen LogP contribution in [0.1, 0.15) is 56.3 Å². The number of aromatic carboxylic acids is 1. The lowest BCUT2D eigenvalue weighted by molar-refractivity contribution is 0.0696. The molecule has 0 saturated heterocycles. The van der Waals surface area contributed by atoms with Crippen LogP contribution in [0.2, 0.25) is 0 Å². The molecule has 0 unspecified atom stereocenters. The fraction of sp³-hybridized carbons (Fsp3) is 0.353. The van der Waals surface area contributed by atoms with Gasteiger partial charge in [-0.2, -0.15) is 0 Å². The van der Waals surface area contributed by atoms with Gasteiger partial charge in [0.2, 0.25) is 0 Å². The fourth-order valence-electron chi connectivity index (χ4n) is 3.09. The quantitative estimate of drug-likeness (QED) is 0.941. The molecule has 6 heteroatoms. The number of carboxylic acids is 1. The second-order valence-electron chi connectivity index (χ2n) is 6.15. The summed E-state index contributed by atoms with van der Waals surface area (Å²) in [4.78, 5) is 25.6. The van der Waals surface area contributed by atoms with Crippen molar-refractivity contribution in [1.29, 1.82) is 0 Å². The first kappa shape index (κ1) is 14.0. The third kappa shape index (κ3) is 2.50. The molecule has 0 bridgehead atoms. The Bertz CT molecular complexity index is 792. The molecule has 2 aromatic rings. The molecule has 0 spiro atoms. The molecule has 1 aromatic carbocycles. The van der Waals surface area contributed by atoms with E-state index in [2.05, 4.69) is 5.16 Å². The summed E-state index contributed by atoms with van der Waals surface area (Å²) < 4.78 is 5.00. The Morgan fingerprint density at radius 2 is 2.09 bits per heavy atom. The van der Waals surface area contributed by atoms with Crippen molar-refractivity contribution in [2.75, 3.05) is 6.54 Å². The Labute approximate surface area is 132 Å².